The van der Waals surface area contributed by atoms with Crippen molar-refractivity contribution in [3.05, 3.63) is 63.2 Å². The van der Waals surface area contributed by atoms with E-state index in [0.717, 1.165) is 23.3 Å². The number of hydrogen-bond acceptors (Lipinski definition) is 5. The predicted octanol–water partition coefficient (Wildman–Crippen LogP) is 3.66. The van der Waals surface area contributed by atoms with Crippen LogP contribution >= 0.6 is 11.6 Å². The zero-order valence-corrected chi connectivity index (χ0v) is 18.3. The van der Waals surface area contributed by atoms with Crippen LogP contribution in [0.2, 0.25) is 5.02 Å². The minimum absolute atomic E-state index is 0.00476. The van der Waals surface area contributed by atoms with Crippen LogP contribution < -0.4 is 10.5 Å². The van der Waals surface area contributed by atoms with Gasteiger partial charge in [-0.2, -0.15) is 18.3 Å². The van der Waals surface area contributed by atoms with Crippen LogP contribution in [0.15, 0.2) is 41.3 Å². The summed E-state index contributed by atoms with van der Waals surface area (Å²) in [5, 5.41) is 7.91. The minimum Gasteiger partial charge on any atom is -0.352 e. The second kappa shape index (κ2) is 9.38. The van der Waals surface area contributed by atoms with Crippen LogP contribution in [0.5, 0.6) is 0 Å². The average Bonchev–Trinajstić information content (AvgIpc) is 2.80. The third-order valence-corrected chi connectivity index (χ3v) is 5.94. The zero-order valence-electron chi connectivity index (χ0n) is 17.5. The Balaban J connectivity index is 1.31. The number of benzene rings is 1. The summed E-state index contributed by atoms with van der Waals surface area (Å²) < 4.78 is 38.4. The Morgan fingerprint density at radius 3 is 2.48 bits per heavy atom. The highest BCUT2D eigenvalue weighted by molar-refractivity contribution is 6.33. The number of amides is 1. The molecule has 0 saturated carbocycles. The molecule has 2 aromatic heterocycles. The second-order valence-corrected chi connectivity index (χ2v) is 8.20. The molecule has 174 valence electrons. The van der Waals surface area contributed by atoms with Crippen LogP contribution in [0.3, 0.4) is 0 Å². The zero-order chi connectivity index (χ0) is 23.6. The second-order valence-electron chi connectivity index (χ2n) is 7.79. The van der Waals surface area contributed by atoms with E-state index in [2.05, 4.69) is 15.2 Å². The lowest BCUT2D eigenvalue weighted by molar-refractivity contribution is -0.137. The molecule has 1 N–H and O–H groups in total. The van der Waals surface area contributed by atoms with Gasteiger partial charge in [-0.05, 0) is 25.0 Å². The molecule has 4 rings (SSSR count). The summed E-state index contributed by atoms with van der Waals surface area (Å²) in [6, 6.07) is 8.08. The maximum atomic E-state index is 12.8. The van der Waals surface area contributed by atoms with Gasteiger partial charge in [0.2, 0.25) is 5.91 Å². The number of alkyl halides is 3. The van der Waals surface area contributed by atoms with Gasteiger partial charge in [0.15, 0.2) is 0 Å². The van der Waals surface area contributed by atoms with E-state index in [0.29, 0.717) is 50.8 Å². The van der Waals surface area contributed by atoms with Crippen molar-refractivity contribution in [3.8, 4) is 0 Å². The number of anilines is 1. The third kappa shape index (κ3) is 5.11. The molecule has 1 fully saturated rings. The first-order valence-corrected chi connectivity index (χ1v) is 10.8. The number of piperazine rings is 1. The quantitative estimate of drug-likeness (QED) is 0.604. The van der Waals surface area contributed by atoms with Gasteiger partial charge in [0.1, 0.15) is 5.82 Å². The first kappa shape index (κ1) is 23.0. The molecule has 3 heterocycles. The van der Waals surface area contributed by atoms with E-state index in [4.69, 9.17) is 11.6 Å². The number of aromatic nitrogens is 3. The highest BCUT2D eigenvalue weighted by Gasteiger charge is 2.32. The SMILES string of the molecule is O=C(CCCc1n[nH]c(=O)c2ccccc12)N1CCN(c2ncc(C(F)(F)F)cc2Cl)CC1. The molecule has 0 radical (unpaired) electrons. The van der Waals surface area contributed by atoms with Crippen molar-refractivity contribution in [1.29, 1.82) is 0 Å². The van der Waals surface area contributed by atoms with Crippen LogP contribution in [-0.4, -0.2) is 52.2 Å². The standard InChI is InChI=1S/C22H21ClF3N5O2/c23-17-12-14(22(24,25)26)13-27-20(17)31-10-8-30(9-11-31)19(32)7-3-6-18-15-4-1-2-5-16(15)21(33)29-28-18/h1-2,4-5,12-13H,3,6-11H2,(H,29,33). The van der Waals surface area contributed by atoms with Crippen molar-refractivity contribution in [2.75, 3.05) is 31.1 Å². The molecule has 0 bridgehead atoms. The molecular weight excluding hydrogens is 459 g/mol. The van der Waals surface area contributed by atoms with E-state index in [1.165, 1.54) is 0 Å². The number of aryl methyl sites for hydroxylation is 1. The molecule has 1 aliphatic heterocycles. The van der Waals surface area contributed by atoms with Crippen molar-refractivity contribution in [2.24, 2.45) is 0 Å². The van der Waals surface area contributed by atoms with E-state index in [1.807, 2.05) is 12.1 Å². The summed E-state index contributed by atoms with van der Waals surface area (Å²) in [5.41, 5.74) is -0.397. The average molecular weight is 480 g/mol. The van der Waals surface area contributed by atoms with Gasteiger partial charge in [-0.25, -0.2) is 10.1 Å². The summed E-state index contributed by atoms with van der Waals surface area (Å²) in [5.74, 6) is 0.280. The lowest BCUT2D eigenvalue weighted by atomic mass is 10.1. The van der Waals surface area contributed by atoms with Gasteiger partial charge in [0.05, 0.1) is 21.7 Å². The maximum Gasteiger partial charge on any atom is 0.417 e. The first-order valence-electron chi connectivity index (χ1n) is 10.5. The first-order chi connectivity index (χ1) is 15.7. The Bertz CT molecular complexity index is 1220. The molecule has 33 heavy (non-hydrogen) atoms. The molecular formula is C22H21ClF3N5O2. The Kier molecular flexibility index (Phi) is 6.55. The molecule has 1 aliphatic rings. The van der Waals surface area contributed by atoms with Gasteiger partial charge in [0.25, 0.3) is 5.56 Å². The number of aromatic amines is 1. The van der Waals surface area contributed by atoms with Crippen LogP contribution in [-0.2, 0) is 17.4 Å². The van der Waals surface area contributed by atoms with Crippen molar-refractivity contribution >= 4 is 34.1 Å². The van der Waals surface area contributed by atoms with E-state index in [9.17, 15) is 22.8 Å². The van der Waals surface area contributed by atoms with Crippen molar-refractivity contribution in [3.63, 3.8) is 0 Å². The van der Waals surface area contributed by atoms with Crippen molar-refractivity contribution < 1.29 is 18.0 Å². The van der Waals surface area contributed by atoms with Gasteiger partial charge in [0, 0.05) is 44.2 Å². The number of rotatable bonds is 5. The largest absolute Gasteiger partial charge is 0.417 e. The summed E-state index contributed by atoms with van der Waals surface area (Å²) in [7, 11) is 0. The van der Waals surface area contributed by atoms with Crippen LogP contribution in [0.4, 0.5) is 19.0 Å². The highest BCUT2D eigenvalue weighted by atomic mass is 35.5. The van der Waals surface area contributed by atoms with Gasteiger partial charge >= 0.3 is 6.18 Å². The monoisotopic (exact) mass is 479 g/mol. The Labute approximate surface area is 192 Å². The molecule has 3 aromatic rings. The van der Waals surface area contributed by atoms with E-state index < -0.39 is 11.7 Å². The van der Waals surface area contributed by atoms with Crippen LogP contribution in [0, 0.1) is 0 Å². The van der Waals surface area contributed by atoms with Gasteiger partial charge < -0.3 is 9.80 Å². The van der Waals surface area contributed by atoms with E-state index in [1.54, 1.807) is 21.9 Å². The van der Waals surface area contributed by atoms with Crippen molar-refractivity contribution in [1.82, 2.24) is 20.1 Å². The van der Waals surface area contributed by atoms with Gasteiger partial charge in [-0.1, -0.05) is 29.8 Å². The molecule has 0 aliphatic carbocycles. The number of hydrogen-bond donors (Lipinski definition) is 1. The smallest absolute Gasteiger partial charge is 0.352 e. The Hall–Kier alpha value is -3.14. The molecule has 1 saturated heterocycles. The lowest BCUT2D eigenvalue weighted by Crippen LogP contribution is -2.49. The van der Waals surface area contributed by atoms with Gasteiger partial charge in [-0.15, -0.1) is 0 Å². The molecule has 1 amide bonds. The predicted molar refractivity (Wildman–Crippen MR) is 118 cm³/mol. The molecule has 0 atom stereocenters. The lowest BCUT2D eigenvalue weighted by Gasteiger charge is -2.36. The minimum atomic E-state index is -4.50. The summed E-state index contributed by atoms with van der Waals surface area (Å²) in [4.78, 5) is 31.9. The number of nitrogens with one attached hydrogen (secondary N) is 1. The molecule has 11 heteroatoms. The summed E-state index contributed by atoms with van der Waals surface area (Å²) in [6.07, 6.45) is -2.28. The number of carbonyl (C=O) groups excluding carboxylic acids is 1. The molecule has 0 unspecified atom stereocenters. The fourth-order valence-electron chi connectivity index (χ4n) is 3.91. The van der Waals surface area contributed by atoms with E-state index in [-0.39, 0.29) is 22.3 Å². The fourth-order valence-corrected chi connectivity index (χ4v) is 4.20. The number of pyridine rings is 1. The number of fused-ring (bicyclic) bond motifs is 1. The summed E-state index contributed by atoms with van der Waals surface area (Å²) >= 11 is 6.03. The Morgan fingerprint density at radius 1 is 1.12 bits per heavy atom. The number of H-pyrrole nitrogens is 1. The van der Waals surface area contributed by atoms with Crippen molar-refractivity contribution in [2.45, 2.75) is 25.4 Å². The number of halogens is 4. The van der Waals surface area contributed by atoms with E-state index >= 15 is 0 Å². The summed E-state index contributed by atoms with van der Waals surface area (Å²) in [6.45, 7) is 1.71. The molecule has 1 aromatic carbocycles. The molecule has 7 nitrogen and oxygen atoms in total. The highest BCUT2D eigenvalue weighted by Crippen LogP contribution is 2.33. The third-order valence-electron chi connectivity index (χ3n) is 5.66. The van der Waals surface area contributed by atoms with Gasteiger partial charge in [-0.3, -0.25) is 9.59 Å². The maximum absolute atomic E-state index is 12.8. The normalized spacial score (nSPS) is 14.7. The Morgan fingerprint density at radius 2 is 1.82 bits per heavy atom. The number of nitrogens with zero attached hydrogens (tertiary/aromatic N) is 4. The van der Waals surface area contributed by atoms with Crippen LogP contribution in [0.1, 0.15) is 24.1 Å². The fraction of sp³-hybridized carbons (Fsp3) is 0.364. The topological polar surface area (TPSA) is 82.2 Å². The number of carbonyl (C=O) groups is 1. The van der Waals surface area contributed by atoms with Crippen LogP contribution in [0.25, 0.3) is 10.8 Å². The molecule has 0 spiro atoms.